The number of halogens is 3. The van der Waals surface area contributed by atoms with Gasteiger partial charge in [0.2, 0.25) is 0 Å². The number of amides is 2. The second-order valence-corrected chi connectivity index (χ2v) is 11.9. The standard InChI is InChI=1S/C32H25F3N8O3/c33-18-4-6-24(37-11-18)32(7-8-32)43-30-20(14-40-43)26(27(29(36)44)21(41-30)9-16-1-2-16)17-3-5-22-23(10-17)46-28(35)31(45)42(22)15-25-38-12-19(34)13-39-25/h3-6,10-14,16,28H,1-2,7-9,15H2,(H2,36,44)/t28-/m1/s1. The van der Waals surface area contributed by atoms with E-state index in [1.54, 1.807) is 35.1 Å². The molecule has 5 aromatic rings. The summed E-state index contributed by atoms with van der Waals surface area (Å²) in [6.07, 6.45) is 6.33. The summed E-state index contributed by atoms with van der Waals surface area (Å²) in [5.41, 5.74) is 8.45. The number of nitrogens with two attached hydrogens (primary N) is 1. The monoisotopic (exact) mass is 626 g/mol. The molecule has 14 heteroatoms. The molecule has 1 atom stereocenters. The number of carbonyl (C=O) groups excluding carboxylic acids is 2. The number of aromatic nitrogens is 6. The maximum atomic E-state index is 15.0. The number of pyridine rings is 2. The van der Waals surface area contributed by atoms with Crippen LogP contribution in [0.2, 0.25) is 0 Å². The second-order valence-electron chi connectivity index (χ2n) is 11.9. The van der Waals surface area contributed by atoms with Gasteiger partial charge in [-0.3, -0.25) is 19.5 Å². The Morgan fingerprint density at radius 2 is 1.78 bits per heavy atom. The maximum Gasteiger partial charge on any atom is 0.317 e. The summed E-state index contributed by atoms with van der Waals surface area (Å²) in [5, 5.41) is 5.24. The Hall–Kier alpha value is -5.40. The minimum atomic E-state index is -2.32. The lowest BCUT2D eigenvalue weighted by Crippen LogP contribution is -2.43. The molecule has 2 N–H and O–H groups in total. The number of hydrogen-bond donors (Lipinski definition) is 1. The number of hydrogen-bond acceptors (Lipinski definition) is 8. The van der Waals surface area contributed by atoms with Crippen LogP contribution in [0.1, 0.15) is 53.3 Å². The van der Waals surface area contributed by atoms with E-state index >= 15 is 0 Å². The summed E-state index contributed by atoms with van der Waals surface area (Å²) >= 11 is 0. The molecule has 0 saturated heterocycles. The molecule has 2 amide bonds. The van der Waals surface area contributed by atoms with E-state index in [-0.39, 0.29) is 29.4 Å². The van der Waals surface area contributed by atoms with Crippen molar-refractivity contribution in [3.05, 3.63) is 89.5 Å². The van der Waals surface area contributed by atoms with Gasteiger partial charge in [0.25, 0.3) is 5.91 Å². The fourth-order valence-electron chi connectivity index (χ4n) is 6.17. The van der Waals surface area contributed by atoms with Gasteiger partial charge in [-0.1, -0.05) is 6.07 Å². The number of fused-ring (bicyclic) bond motifs is 2. The normalized spacial score (nSPS) is 18.4. The Bertz CT molecular complexity index is 2040. The number of benzene rings is 1. The molecular formula is C32H25F3N8O3. The van der Waals surface area contributed by atoms with Gasteiger partial charge in [0.05, 0.1) is 54.0 Å². The third-order valence-electron chi connectivity index (χ3n) is 8.75. The summed E-state index contributed by atoms with van der Waals surface area (Å²) < 4.78 is 49.3. The average molecular weight is 627 g/mol. The molecule has 11 nitrogen and oxygen atoms in total. The van der Waals surface area contributed by atoms with Gasteiger partial charge < -0.3 is 10.5 Å². The molecular weight excluding hydrogens is 601 g/mol. The van der Waals surface area contributed by atoms with Crippen molar-refractivity contribution in [1.82, 2.24) is 29.7 Å². The molecule has 0 spiro atoms. The van der Waals surface area contributed by atoms with Crippen LogP contribution in [0.5, 0.6) is 5.75 Å². The van der Waals surface area contributed by atoms with Gasteiger partial charge in [-0.25, -0.2) is 28.4 Å². The number of carbonyl (C=O) groups is 2. The highest BCUT2D eigenvalue weighted by molar-refractivity contribution is 6.09. The fraction of sp³-hybridized carbons (Fsp3) is 0.281. The highest BCUT2D eigenvalue weighted by Gasteiger charge is 2.50. The van der Waals surface area contributed by atoms with E-state index in [1.807, 2.05) is 0 Å². The van der Waals surface area contributed by atoms with Crippen molar-refractivity contribution in [2.75, 3.05) is 4.90 Å². The molecule has 232 valence electrons. The van der Waals surface area contributed by atoms with Gasteiger partial charge in [-0.2, -0.15) is 9.49 Å². The topological polar surface area (TPSA) is 142 Å². The molecule has 4 aromatic heterocycles. The van der Waals surface area contributed by atoms with Gasteiger partial charge in [0.15, 0.2) is 11.5 Å². The number of nitrogens with zero attached hydrogens (tertiary/aromatic N) is 7. The zero-order valence-electron chi connectivity index (χ0n) is 24.2. The van der Waals surface area contributed by atoms with Gasteiger partial charge in [-0.05, 0) is 67.9 Å². The van der Waals surface area contributed by atoms with Crippen LogP contribution in [-0.2, 0) is 23.3 Å². The first kappa shape index (κ1) is 28.1. The van der Waals surface area contributed by atoms with Crippen molar-refractivity contribution in [1.29, 1.82) is 0 Å². The van der Waals surface area contributed by atoms with Crippen molar-refractivity contribution in [2.24, 2.45) is 11.7 Å². The first-order valence-electron chi connectivity index (χ1n) is 14.8. The van der Waals surface area contributed by atoms with Crippen LogP contribution in [0.4, 0.5) is 18.9 Å². The number of alkyl halides is 1. The molecule has 0 radical (unpaired) electrons. The van der Waals surface area contributed by atoms with Gasteiger partial charge >= 0.3 is 12.3 Å². The Morgan fingerprint density at radius 3 is 2.46 bits per heavy atom. The summed E-state index contributed by atoms with van der Waals surface area (Å²) in [6.45, 7) is -0.223. The smallest absolute Gasteiger partial charge is 0.317 e. The third-order valence-corrected chi connectivity index (χ3v) is 8.75. The van der Waals surface area contributed by atoms with Gasteiger partial charge in [0, 0.05) is 10.9 Å². The number of rotatable bonds is 8. The summed E-state index contributed by atoms with van der Waals surface area (Å²) in [5.74, 6) is -2.24. The lowest BCUT2D eigenvalue weighted by atomic mass is 9.93. The van der Waals surface area contributed by atoms with Crippen LogP contribution in [0.25, 0.3) is 22.2 Å². The van der Waals surface area contributed by atoms with Crippen molar-refractivity contribution < 1.29 is 27.5 Å². The van der Waals surface area contributed by atoms with Crippen LogP contribution in [0.15, 0.2) is 55.1 Å². The number of primary amides is 1. The Morgan fingerprint density at radius 1 is 1.02 bits per heavy atom. The largest absolute Gasteiger partial charge is 0.450 e. The third kappa shape index (κ3) is 4.63. The van der Waals surface area contributed by atoms with E-state index < -0.39 is 35.3 Å². The first-order chi connectivity index (χ1) is 22.2. The van der Waals surface area contributed by atoms with E-state index in [0.717, 1.165) is 30.1 Å². The van der Waals surface area contributed by atoms with Crippen LogP contribution in [0.3, 0.4) is 0 Å². The first-order valence-corrected chi connectivity index (χ1v) is 14.8. The van der Waals surface area contributed by atoms with E-state index in [9.17, 15) is 22.8 Å². The van der Waals surface area contributed by atoms with E-state index in [2.05, 4.69) is 15.0 Å². The van der Waals surface area contributed by atoms with Crippen molar-refractivity contribution in [2.45, 2.75) is 50.5 Å². The molecule has 2 saturated carbocycles. The summed E-state index contributed by atoms with van der Waals surface area (Å²) in [4.78, 5) is 44.1. The van der Waals surface area contributed by atoms with Crippen molar-refractivity contribution >= 4 is 28.5 Å². The molecule has 1 aromatic carbocycles. The Labute approximate surface area is 259 Å². The SMILES string of the molecule is NC(=O)c1c(CC2CC2)nc2c(cnn2C2(c3ccc(F)cn3)CC2)c1-c1ccc2c(c1)O[C@@H](F)C(=O)N2Cc1ncc(F)cn1. The molecule has 3 aliphatic rings. The zero-order chi connectivity index (χ0) is 31.7. The highest BCUT2D eigenvalue weighted by Crippen LogP contribution is 2.50. The lowest BCUT2D eigenvalue weighted by molar-refractivity contribution is -0.134. The molecule has 8 rings (SSSR count). The van der Waals surface area contributed by atoms with E-state index in [4.69, 9.17) is 20.6 Å². The highest BCUT2D eigenvalue weighted by atomic mass is 19.1. The van der Waals surface area contributed by atoms with Crippen LogP contribution in [0, 0.1) is 17.6 Å². The van der Waals surface area contributed by atoms with Crippen LogP contribution < -0.4 is 15.4 Å². The zero-order valence-corrected chi connectivity index (χ0v) is 24.2. The summed E-state index contributed by atoms with van der Waals surface area (Å²) in [7, 11) is 0. The quantitative estimate of drug-likeness (QED) is 0.268. The van der Waals surface area contributed by atoms with Crippen LogP contribution in [-0.4, -0.2) is 47.9 Å². The van der Waals surface area contributed by atoms with E-state index in [1.165, 1.54) is 12.3 Å². The average Bonchev–Trinajstić information content (AvgIpc) is 3.98. The second kappa shape index (κ2) is 10.3. The Balaban J connectivity index is 1.29. The molecule has 46 heavy (non-hydrogen) atoms. The van der Waals surface area contributed by atoms with Gasteiger partial charge in [-0.15, -0.1) is 0 Å². The minimum Gasteiger partial charge on any atom is -0.450 e. The fourth-order valence-corrected chi connectivity index (χ4v) is 6.17. The predicted molar refractivity (Wildman–Crippen MR) is 157 cm³/mol. The molecule has 2 fully saturated rings. The molecule has 0 unspecified atom stereocenters. The van der Waals surface area contributed by atoms with Crippen LogP contribution >= 0.6 is 0 Å². The molecule has 2 aliphatic carbocycles. The Kier molecular flexibility index (Phi) is 6.31. The summed E-state index contributed by atoms with van der Waals surface area (Å²) in [6, 6.07) is 7.79. The molecule has 0 bridgehead atoms. The lowest BCUT2D eigenvalue weighted by Gasteiger charge is -2.31. The maximum absolute atomic E-state index is 15.0. The number of anilines is 1. The van der Waals surface area contributed by atoms with E-state index in [0.29, 0.717) is 58.7 Å². The van der Waals surface area contributed by atoms with Crippen molar-refractivity contribution in [3.8, 4) is 16.9 Å². The minimum absolute atomic E-state index is 0.0393. The molecule has 1 aliphatic heterocycles. The van der Waals surface area contributed by atoms with Gasteiger partial charge in [0.1, 0.15) is 22.9 Å². The number of ether oxygens (including phenoxy) is 1. The predicted octanol–water partition coefficient (Wildman–Crippen LogP) is 4.37. The molecule has 5 heterocycles. The van der Waals surface area contributed by atoms with Crippen molar-refractivity contribution in [3.63, 3.8) is 0 Å².